The van der Waals surface area contributed by atoms with Crippen molar-refractivity contribution in [1.29, 1.82) is 0 Å². The Hall–Kier alpha value is -1.23. The van der Waals surface area contributed by atoms with Crippen molar-refractivity contribution in [2.45, 2.75) is 44.5 Å². The number of aliphatic imine (C=N–C) groups is 1. The Morgan fingerprint density at radius 3 is 2.70 bits per heavy atom. The van der Waals surface area contributed by atoms with Crippen LogP contribution in [0.15, 0.2) is 29.3 Å². The summed E-state index contributed by atoms with van der Waals surface area (Å²) in [6.45, 7) is 3.36. The van der Waals surface area contributed by atoms with Gasteiger partial charge in [-0.3, -0.25) is 4.99 Å². The molecule has 27 heavy (non-hydrogen) atoms. The lowest BCUT2D eigenvalue weighted by molar-refractivity contribution is -0.173. The van der Waals surface area contributed by atoms with Crippen LogP contribution < -0.4 is 15.4 Å². The van der Waals surface area contributed by atoms with Gasteiger partial charge in [0.05, 0.1) is 6.04 Å². The molecule has 1 heterocycles. The highest BCUT2D eigenvalue weighted by atomic mass is 127. The number of rotatable bonds is 6. The lowest BCUT2D eigenvalue weighted by Crippen LogP contribution is -2.45. The molecule has 0 saturated carbocycles. The third-order valence-corrected chi connectivity index (χ3v) is 3.93. The Bertz CT molecular complexity index is 624. The monoisotopic (exact) mass is 501 g/mol. The fourth-order valence-electron chi connectivity index (χ4n) is 2.86. The zero-order valence-electron chi connectivity index (χ0n) is 15.7. The smallest absolute Gasteiger partial charge is 0.411 e. The van der Waals surface area contributed by atoms with Gasteiger partial charge in [0.1, 0.15) is 18.0 Å². The highest BCUT2D eigenvalue weighted by Gasteiger charge is 2.34. The number of alkyl halides is 3. The Balaban J connectivity index is 0.00000364. The first-order valence-corrected chi connectivity index (χ1v) is 8.60. The number of benzene rings is 1. The van der Waals surface area contributed by atoms with Crippen molar-refractivity contribution < 1.29 is 22.6 Å². The molecule has 1 aromatic rings. The number of hydrogen-bond donors (Lipinski definition) is 2. The Kier molecular flexibility index (Phi) is 9.13. The topological polar surface area (TPSA) is 54.9 Å². The summed E-state index contributed by atoms with van der Waals surface area (Å²) in [5, 5.41) is 6.48. The Morgan fingerprint density at radius 2 is 2.04 bits per heavy atom. The molecule has 0 spiro atoms. The van der Waals surface area contributed by atoms with E-state index in [0.29, 0.717) is 18.9 Å². The van der Waals surface area contributed by atoms with Gasteiger partial charge in [0.25, 0.3) is 0 Å². The number of halogens is 4. The normalized spacial score (nSPS) is 18.7. The van der Waals surface area contributed by atoms with Gasteiger partial charge in [-0.1, -0.05) is 18.2 Å². The average Bonchev–Trinajstić information content (AvgIpc) is 2.54. The molecule has 0 aromatic heterocycles. The standard InChI is InChI=1S/C18H26F3N3O2.HI/c1-17(2)11-14(13-7-4-5-8-15(13)26-17)24-16(22-3)23-9-6-10-25-12-18(19,20)21;/h4-5,7-8,14H,6,9-12H2,1-3H3,(H2,22,23,24);1H. The molecule has 1 aliphatic heterocycles. The second-order valence-corrected chi connectivity index (χ2v) is 6.82. The molecule has 0 fully saturated rings. The first-order valence-electron chi connectivity index (χ1n) is 8.60. The van der Waals surface area contributed by atoms with Crippen molar-refractivity contribution in [3.8, 4) is 5.75 Å². The minimum Gasteiger partial charge on any atom is -0.487 e. The van der Waals surface area contributed by atoms with E-state index in [1.807, 2.05) is 38.1 Å². The molecule has 0 bridgehead atoms. The number of nitrogens with zero attached hydrogens (tertiary/aromatic N) is 1. The molecule has 1 unspecified atom stereocenters. The van der Waals surface area contributed by atoms with Crippen LogP contribution in [0.5, 0.6) is 5.75 Å². The van der Waals surface area contributed by atoms with Crippen molar-refractivity contribution in [1.82, 2.24) is 10.6 Å². The molecule has 0 radical (unpaired) electrons. The summed E-state index contributed by atoms with van der Waals surface area (Å²) in [7, 11) is 1.66. The molecular formula is C18H27F3IN3O2. The van der Waals surface area contributed by atoms with Crippen molar-refractivity contribution in [2.24, 2.45) is 4.99 Å². The third kappa shape index (κ3) is 8.12. The van der Waals surface area contributed by atoms with E-state index in [1.165, 1.54) is 0 Å². The van der Waals surface area contributed by atoms with Gasteiger partial charge in [-0.05, 0) is 26.3 Å². The molecule has 5 nitrogen and oxygen atoms in total. The molecule has 2 N–H and O–H groups in total. The fourth-order valence-corrected chi connectivity index (χ4v) is 2.86. The number of guanidine groups is 1. The highest BCUT2D eigenvalue weighted by Crippen LogP contribution is 2.39. The lowest BCUT2D eigenvalue weighted by atomic mass is 9.90. The number of para-hydroxylation sites is 1. The molecule has 1 atom stereocenters. The highest BCUT2D eigenvalue weighted by molar-refractivity contribution is 14.0. The van der Waals surface area contributed by atoms with Crippen molar-refractivity contribution in [3.63, 3.8) is 0 Å². The van der Waals surface area contributed by atoms with E-state index >= 15 is 0 Å². The summed E-state index contributed by atoms with van der Waals surface area (Å²) < 4.78 is 46.6. The van der Waals surface area contributed by atoms with E-state index in [9.17, 15) is 13.2 Å². The first kappa shape index (κ1) is 23.8. The maximum atomic E-state index is 12.0. The molecule has 2 rings (SSSR count). The predicted molar refractivity (Wildman–Crippen MR) is 110 cm³/mol. The van der Waals surface area contributed by atoms with Gasteiger partial charge in [-0.15, -0.1) is 24.0 Å². The van der Waals surface area contributed by atoms with Crippen LogP contribution in [0.3, 0.4) is 0 Å². The maximum Gasteiger partial charge on any atom is 0.411 e. The second kappa shape index (κ2) is 10.4. The number of hydrogen-bond acceptors (Lipinski definition) is 3. The van der Waals surface area contributed by atoms with Gasteiger partial charge >= 0.3 is 6.18 Å². The quantitative estimate of drug-likeness (QED) is 0.268. The Labute approximate surface area is 175 Å². The van der Waals surface area contributed by atoms with Crippen LogP contribution in [0.25, 0.3) is 0 Å². The molecule has 0 aliphatic carbocycles. The van der Waals surface area contributed by atoms with Gasteiger partial charge in [-0.2, -0.15) is 13.2 Å². The summed E-state index contributed by atoms with van der Waals surface area (Å²) in [6, 6.07) is 7.89. The van der Waals surface area contributed by atoms with Crippen LogP contribution in [-0.4, -0.2) is 44.5 Å². The molecule has 154 valence electrons. The molecule has 9 heteroatoms. The second-order valence-electron chi connectivity index (χ2n) is 6.82. The van der Waals surface area contributed by atoms with E-state index in [-0.39, 0.29) is 42.2 Å². The lowest BCUT2D eigenvalue weighted by Gasteiger charge is -2.38. The van der Waals surface area contributed by atoms with Crippen molar-refractivity contribution in [3.05, 3.63) is 29.8 Å². The van der Waals surface area contributed by atoms with Crippen LogP contribution in [0.4, 0.5) is 13.2 Å². The minimum atomic E-state index is -4.28. The van der Waals surface area contributed by atoms with Crippen molar-refractivity contribution in [2.75, 3.05) is 26.8 Å². The van der Waals surface area contributed by atoms with Crippen LogP contribution in [0, 0.1) is 0 Å². The van der Waals surface area contributed by atoms with E-state index in [1.54, 1.807) is 7.05 Å². The first-order chi connectivity index (χ1) is 12.2. The molecular weight excluding hydrogens is 474 g/mol. The number of fused-ring (bicyclic) bond motifs is 1. The molecule has 1 aliphatic rings. The van der Waals surface area contributed by atoms with Crippen molar-refractivity contribution >= 4 is 29.9 Å². The molecule has 0 saturated heterocycles. The van der Waals surface area contributed by atoms with Gasteiger partial charge in [0.15, 0.2) is 5.96 Å². The average molecular weight is 501 g/mol. The third-order valence-electron chi connectivity index (χ3n) is 3.93. The van der Waals surface area contributed by atoms with E-state index in [0.717, 1.165) is 17.7 Å². The number of nitrogens with one attached hydrogen (secondary N) is 2. The van der Waals surface area contributed by atoms with E-state index in [2.05, 4.69) is 20.4 Å². The molecule has 1 aromatic carbocycles. The van der Waals surface area contributed by atoms with Gasteiger partial charge < -0.3 is 20.1 Å². The fraction of sp³-hybridized carbons (Fsp3) is 0.611. The van der Waals surface area contributed by atoms with E-state index < -0.39 is 12.8 Å². The largest absolute Gasteiger partial charge is 0.487 e. The summed E-state index contributed by atoms with van der Waals surface area (Å²) in [5.74, 6) is 1.44. The van der Waals surface area contributed by atoms with E-state index in [4.69, 9.17) is 4.74 Å². The van der Waals surface area contributed by atoms with Crippen LogP contribution in [-0.2, 0) is 4.74 Å². The zero-order valence-corrected chi connectivity index (χ0v) is 18.1. The van der Waals surface area contributed by atoms with Crippen LogP contribution in [0.2, 0.25) is 0 Å². The summed E-state index contributed by atoms with van der Waals surface area (Å²) in [4.78, 5) is 4.19. The van der Waals surface area contributed by atoms with Gasteiger partial charge in [0.2, 0.25) is 0 Å². The zero-order chi connectivity index (χ0) is 19.2. The van der Waals surface area contributed by atoms with Gasteiger partial charge in [0, 0.05) is 32.2 Å². The number of ether oxygens (including phenoxy) is 2. The van der Waals surface area contributed by atoms with Crippen LogP contribution >= 0.6 is 24.0 Å². The minimum absolute atomic E-state index is 0. The SMILES string of the molecule is CN=C(NCCCOCC(F)(F)F)NC1CC(C)(C)Oc2ccccc21.I. The predicted octanol–water partition coefficient (Wildman–Crippen LogP) is 4.04. The maximum absolute atomic E-state index is 12.0. The van der Waals surface area contributed by atoms with Crippen LogP contribution in [0.1, 0.15) is 38.3 Å². The Morgan fingerprint density at radius 1 is 1.33 bits per heavy atom. The van der Waals surface area contributed by atoms with Gasteiger partial charge in [-0.25, -0.2) is 0 Å². The molecule has 0 amide bonds. The summed E-state index contributed by atoms with van der Waals surface area (Å²) in [6.07, 6.45) is -3.07. The summed E-state index contributed by atoms with van der Waals surface area (Å²) in [5.41, 5.74) is 0.749. The summed E-state index contributed by atoms with van der Waals surface area (Å²) >= 11 is 0.